The molecule has 0 saturated carbocycles. The van der Waals surface area contributed by atoms with Gasteiger partial charge in [0.2, 0.25) is 0 Å². The Bertz CT molecular complexity index is 640. The van der Waals surface area contributed by atoms with E-state index in [1.165, 1.54) is 0 Å². The van der Waals surface area contributed by atoms with Crippen LogP contribution in [0.15, 0.2) is 0 Å². The van der Waals surface area contributed by atoms with E-state index in [-0.39, 0.29) is 0 Å². The third-order valence-electron chi connectivity index (χ3n) is 3.14. The number of nitrogens with two attached hydrogens (primary N) is 2. The fraction of sp³-hybridized carbons (Fsp3) is 0.222. The fourth-order valence-electron chi connectivity index (χ4n) is 2.23. The van der Waals surface area contributed by atoms with Crippen molar-refractivity contribution in [3.63, 3.8) is 0 Å². The van der Waals surface area contributed by atoms with E-state index in [0.717, 1.165) is 16.7 Å². The molecule has 0 aliphatic carbocycles. The van der Waals surface area contributed by atoms with Crippen molar-refractivity contribution in [2.45, 2.75) is 25.7 Å². The van der Waals surface area contributed by atoms with E-state index >= 15 is 0 Å². The van der Waals surface area contributed by atoms with Crippen molar-refractivity contribution < 1.29 is 0 Å². The molecule has 1 rings (SSSR count). The first-order chi connectivity index (χ1) is 9.62. The largest absolute Gasteiger partial charge is 0.398 e. The Balaban J connectivity index is 3.73. The van der Waals surface area contributed by atoms with Crippen LogP contribution in [0.1, 0.15) is 22.3 Å². The zero-order chi connectivity index (χ0) is 15.1. The van der Waals surface area contributed by atoms with Crippen LogP contribution in [0.4, 0.5) is 11.4 Å². The van der Waals surface area contributed by atoms with Gasteiger partial charge in [-0.2, -0.15) is 0 Å². The number of benzene rings is 1. The second-order valence-electron chi connectivity index (χ2n) is 4.27. The van der Waals surface area contributed by atoms with E-state index in [1.54, 1.807) is 0 Å². The van der Waals surface area contributed by atoms with Gasteiger partial charge in [0.1, 0.15) is 0 Å². The second kappa shape index (κ2) is 6.85. The molecule has 0 aliphatic heterocycles. The summed E-state index contributed by atoms with van der Waals surface area (Å²) in [5.41, 5.74) is 16.6. The molecule has 0 aromatic heterocycles. The van der Waals surface area contributed by atoms with Gasteiger partial charge in [-0.15, -0.1) is 49.4 Å². The summed E-state index contributed by atoms with van der Waals surface area (Å²) in [6, 6.07) is 0. The summed E-state index contributed by atoms with van der Waals surface area (Å²) in [5.74, 6) is 10.3. The molecule has 0 atom stereocenters. The van der Waals surface area contributed by atoms with E-state index in [2.05, 4.69) is 23.7 Å². The van der Waals surface area contributed by atoms with Crippen LogP contribution in [0.2, 0.25) is 0 Å². The van der Waals surface area contributed by atoms with Gasteiger partial charge in [0.25, 0.3) is 0 Å². The number of anilines is 2. The molecule has 98 valence electrons. The molecule has 0 heterocycles. The van der Waals surface area contributed by atoms with Gasteiger partial charge in [-0.1, -0.05) is 0 Å². The lowest BCUT2D eigenvalue weighted by molar-refractivity contribution is 1.11. The molecule has 0 unspecified atom stereocenters. The highest BCUT2D eigenvalue weighted by atomic mass is 14.6. The lowest BCUT2D eigenvalue weighted by Gasteiger charge is -2.20. The Morgan fingerprint density at radius 2 is 0.850 bits per heavy atom. The van der Waals surface area contributed by atoms with Crippen molar-refractivity contribution in [2.75, 3.05) is 11.5 Å². The maximum absolute atomic E-state index is 6.16. The highest BCUT2D eigenvalue weighted by Crippen LogP contribution is 2.34. The predicted octanol–water partition coefficient (Wildman–Crippen LogP) is 1.55. The predicted molar refractivity (Wildman–Crippen MR) is 85.4 cm³/mol. The van der Waals surface area contributed by atoms with Crippen molar-refractivity contribution in [1.29, 1.82) is 0 Å². The van der Waals surface area contributed by atoms with Crippen molar-refractivity contribution >= 4 is 11.4 Å². The molecule has 20 heavy (non-hydrogen) atoms. The van der Waals surface area contributed by atoms with Gasteiger partial charge >= 0.3 is 0 Å². The fourth-order valence-corrected chi connectivity index (χ4v) is 2.23. The van der Waals surface area contributed by atoms with Crippen molar-refractivity contribution in [3.8, 4) is 49.4 Å². The quantitative estimate of drug-likeness (QED) is 0.637. The second-order valence-corrected chi connectivity index (χ2v) is 4.27. The number of hydrogen-bond acceptors (Lipinski definition) is 2. The third-order valence-corrected chi connectivity index (χ3v) is 3.14. The molecule has 0 spiro atoms. The first kappa shape index (κ1) is 15.1. The normalized spacial score (nSPS) is 9.00. The molecule has 1 aromatic carbocycles. The minimum absolute atomic E-state index is 0.336. The average molecular weight is 260 g/mol. The van der Waals surface area contributed by atoms with E-state index in [4.69, 9.17) is 37.2 Å². The first-order valence-corrected chi connectivity index (χ1v) is 6.06. The van der Waals surface area contributed by atoms with Gasteiger partial charge in [-0.3, -0.25) is 0 Å². The van der Waals surface area contributed by atoms with E-state index < -0.39 is 0 Å². The summed E-state index contributed by atoms with van der Waals surface area (Å²) < 4.78 is 0. The van der Waals surface area contributed by atoms with Crippen molar-refractivity contribution in [3.05, 3.63) is 22.3 Å². The molecule has 2 nitrogen and oxygen atoms in total. The molecular weight excluding hydrogens is 244 g/mol. The summed E-state index contributed by atoms with van der Waals surface area (Å²) >= 11 is 0. The highest BCUT2D eigenvalue weighted by Gasteiger charge is 2.18. The summed E-state index contributed by atoms with van der Waals surface area (Å²) in [7, 11) is 0. The smallest absolute Gasteiger partial charge is 0.0422 e. The molecule has 4 N–H and O–H groups in total. The van der Waals surface area contributed by atoms with Gasteiger partial charge in [-0.05, 0) is 16.7 Å². The number of terminal acetylenes is 4. The van der Waals surface area contributed by atoms with Gasteiger partial charge in [0, 0.05) is 42.6 Å². The van der Waals surface area contributed by atoms with Gasteiger partial charge in [0.05, 0.1) is 0 Å². The maximum Gasteiger partial charge on any atom is 0.0422 e. The molecule has 0 amide bonds. The Morgan fingerprint density at radius 1 is 0.550 bits per heavy atom. The van der Waals surface area contributed by atoms with E-state index in [0.29, 0.717) is 42.6 Å². The Hall–Kier alpha value is -2.94. The summed E-state index contributed by atoms with van der Waals surface area (Å²) in [6.07, 6.45) is 23.1. The minimum atomic E-state index is 0.336. The average Bonchev–Trinajstić information content (AvgIpc) is 2.43. The summed E-state index contributed by atoms with van der Waals surface area (Å²) in [5, 5.41) is 0. The molecule has 2 heteroatoms. The monoisotopic (exact) mass is 260 g/mol. The number of rotatable bonds is 4. The third kappa shape index (κ3) is 2.72. The number of nitrogen functional groups attached to an aromatic ring is 2. The number of hydrogen-bond donors (Lipinski definition) is 2. The Labute approximate surface area is 120 Å². The van der Waals surface area contributed by atoms with Crippen molar-refractivity contribution in [2.24, 2.45) is 0 Å². The van der Waals surface area contributed by atoms with Crippen LogP contribution in [0, 0.1) is 49.4 Å². The van der Waals surface area contributed by atoms with Gasteiger partial charge < -0.3 is 11.5 Å². The van der Waals surface area contributed by atoms with Crippen LogP contribution in [0.25, 0.3) is 0 Å². The molecule has 0 bridgehead atoms. The molecular formula is C18H16N2. The molecule has 0 saturated heterocycles. The van der Waals surface area contributed by atoms with Crippen LogP contribution in [0.5, 0.6) is 0 Å². The van der Waals surface area contributed by atoms with Gasteiger partial charge in [0.15, 0.2) is 0 Å². The van der Waals surface area contributed by atoms with Gasteiger partial charge in [-0.25, -0.2) is 0 Å². The minimum Gasteiger partial charge on any atom is -0.398 e. The van der Waals surface area contributed by atoms with E-state index in [9.17, 15) is 0 Å². The molecule has 0 radical (unpaired) electrons. The van der Waals surface area contributed by atoms with Crippen LogP contribution in [-0.4, -0.2) is 0 Å². The Kier molecular flexibility index (Phi) is 5.18. The summed E-state index contributed by atoms with van der Waals surface area (Å²) in [4.78, 5) is 0. The topological polar surface area (TPSA) is 52.0 Å². The first-order valence-electron chi connectivity index (χ1n) is 6.06. The summed E-state index contributed by atoms with van der Waals surface area (Å²) in [6.45, 7) is 0. The molecule has 0 fully saturated rings. The zero-order valence-corrected chi connectivity index (χ0v) is 11.3. The van der Waals surface area contributed by atoms with Crippen molar-refractivity contribution in [1.82, 2.24) is 0 Å². The van der Waals surface area contributed by atoms with Crippen LogP contribution in [-0.2, 0) is 25.7 Å². The lowest BCUT2D eigenvalue weighted by atomic mass is 9.87. The highest BCUT2D eigenvalue weighted by molar-refractivity contribution is 5.74. The zero-order valence-electron chi connectivity index (χ0n) is 11.3. The van der Waals surface area contributed by atoms with Crippen LogP contribution in [0.3, 0.4) is 0 Å². The SMILES string of the molecule is C#CCc1c(N)c(CC#C)c(CC#C)c(CC#C)c1N. The maximum atomic E-state index is 6.16. The van der Waals surface area contributed by atoms with Crippen LogP contribution >= 0.6 is 0 Å². The Morgan fingerprint density at radius 3 is 1.20 bits per heavy atom. The molecule has 1 aromatic rings. The van der Waals surface area contributed by atoms with Crippen LogP contribution < -0.4 is 11.5 Å². The van der Waals surface area contributed by atoms with E-state index in [1.807, 2.05) is 0 Å². The molecule has 0 aliphatic rings. The lowest BCUT2D eigenvalue weighted by Crippen LogP contribution is -2.12. The standard InChI is InChI=1S/C18H16N2/c1-5-9-13-14(10-6-2)17(19)16(12-8-4)18(20)15(13)11-7-3/h1-4H,9-12,19-20H2.